The van der Waals surface area contributed by atoms with Crippen LogP contribution < -0.4 is 16.0 Å². The minimum atomic E-state index is -0.509. The van der Waals surface area contributed by atoms with E-state index >= 15 is 0 Å². The van der Waals surface area contributed by atoms with Gasteiger partial charge in [0.25, 0.3) is 0 Å². The SMILES string of the molecule is CC(=O)Nc1cc(NC(C)C(=O)NC2CCCCC2)ccc1F. The summed E-state index contributed by atoms with van der Waals surface area (Å²) in [6, 6.07) is 4.11. The van der Waals surface area contributed by atoms with Crippen LogP contribution in [0.5, 0.6) is 0 Å². The van der Waals surface area contributed by atoms with Crippen LogP contribution in [0, 0.1) is 5.82 Å². The van der Waals surface area contributed by atoms with Crippen molar-refractivity contribution in [1.29, 1.82) is 0 Å². The van der Waals surface area contributed by atoms with Gasteiger partial charge in [-0.25, -0.2) is 4.39 Å². The van der Waals surface area contributed by atoms with Crippen molar-refractivity contribution in [3.8, 4) is 0 Å². The second-order valence-electron chi connectivity index (χ2n) is 6.09. The molecule has 2 rings (SSSR count). The lowest BCUT2D eigenvalue weighted by Gasteiger charge is -2.25. The van der Waals surface area contributed by atoms with Crippen LogP contribution >= 0.6 is 0 Å². The van der Waals surface area contributed by atoms with E-state index in [-0.39, 0.29) is 23.5 Å². The number of benzene rings is 1. The minimum Gasteiger partial charge on any atom is -0.374 e. The first-order valence-electron chi connectivity index (χ1n) is 8.10. The lowest BCUT2D eigenvalue weighted by Crippen LogP contribution is -2.44. The van der Waals surface area contributed by atoms with Gasteiger partial charge < -0.3 is 16.0 Å². The molecule has 3 N–H and O–H groups in total. The Morgan fingerprint density at radius 3 is 2.57 bits per heavy atom. The van der Waals surface area contributed by atoms with E-state index < -0.39 is 11.9 Å². The summed E-state index contributed by atoms with van der Waals surface area (Å²) < 4.78 is 13.6. The monoisotopic (exact) mass is 321 g/mol. The number of carbonyl (C=O) groups is 2. The number of anilines is 2. The third-order valence-corrected chi connectivity index (χ3v) is 4.01. The molecule has 126 valence electrons. The fourth-order valence-corrected chi connectivity index (χ4v) is 2.79. The van der Waals surface area contributed by atoms with Gasteiger partial charge in [0, 0.05) is 18.7 Å². The van der Waals surface area contributed by atoms with Crippen LogP contribution in [0.4, 0.5) is 15.8 Å². The molecule has 0 heterocycles. The van der Waals surface area contributed by atoms with Crippen molar-refractivity contribution >= 4 is 23.2 Å². The van der Waals surface area contributed by atoms with Crippen LogP contribution in [0.15, 0.2) is 18.2 Å². The average molecular weight is 321 g/mol. The second-order valence-corrected chi connectivity index (χ2v) is 6.09. The molecule has 0 aromatic heterocycles. The smallest absolute Gasteiger partial charge is 0.242 e. The first-order chi connectivity index (χ1) is 11.0. The predicted molar refractivity (Wildman–Crippen MR) is 88.8 cm³/mol. The Balaban J connectivity index is 1.94. The highest BCUT2D eigenvalue weighted by molar-refractivity contribution is 5.90. The van der Waals surface area contributed by atoms with Crippen molar-refractivity contribution in [2.75, 3.05) is 10.6 Å². The fourth-order valence-electron chi connectivity index (χ4n) is 2.79. The molecule has 0 aliphatic heterocycles. The lowest BCUT2D eigenvalue weighted by atomic mass is 9.95. The Bertz CT molecular complexity index is 571. The third-order valence-electron chi connectivity index (χ3n) is 4.01. The quantitative estimate of drug-likeness (QED) is 0.781. The van der Waals surface area contributed by atoms with Gasteiger partial charge in [0.1, 0.15) is 11.9 Å². The molecule has 1 aliphatic rings. The molecule has 1 fully saturated rings. The predicted octanol–water partition coefficient (Wildman–Crippen LogP) is 3.03. The van der Waals surface area contributed by atoms with E-state index in [2.05, 4.69) is 16.0 Å². The molecule has 1 atom stereocenters. The molecule has 1 unspecified atom stereocenters. The van der Waals surface area contributed by atoms with Crippen molar-refractivity contribution < 1.29 is 14.0 Å². The van der Waals surface area contributed by atoms with Crippen molar-refractivity contribution in [1.82, 2.24) is 5.32 Å². The van der Waals surface area contributed by atoms with Gasteiger partial charge in [-0.1, -0.05) is 19.3 Å². The summed E-state index contributed by atoms with van der Waals surface area (Å²) in [6.07, 6.45) is 5.61. The highest BCUT2D eigenvalue weighted by atomic mass is 19.1. The van der Waals surface area contributed by atoms with Gasteiger partial charge in [0.05, 0.1) is 5.69 Å². The van der Waals surface area contributed by atoms with E-state index in [4.69, 9.17) is 0 Å². The largest absolute Gasteiger partial charge is 0.374 e. The van der Waals surface area contributed by atoms with E-state index in [0.29, 0.717) is 5.69 Å². The number of amides is 2. The van der Waals surface area contributed by atoms with Crippen LogP contribution in [0.25, 0.3) is 0 Å². The molecule has 0 radical (unpaired) electrons. The topological polar surface area (TPSA) is 70.2 Å². The lowest BCUT2D eigenvalue weighted by molar-refractivity contribution is -0.122. The molecule has 1 aliphatic carbocycles. The molecule has 5 nitrogen and oxygen atoms in total. The van der Waals surface area contributed by atoms with E-state index in [1.54, 1.807) is 13.0 Å². The summed E-state index contributed by atoms with van der Waals surface area (Å²) in [5, 5.41) is 8.52. The molecule has 1 aromatic carbocycles. The molecule has 2 amide bonds. The molecule has 6 heteroatoms. The number of hydrogen-bond donors (Lipinski definition) is 3. The summed E-state index contributed by atoms with van der Waals surface area (Å²) in [5.41, 5.74) is 0.684. The molecule has 1 saturated carbocycles. The maximum atomic E-state index is 13.6. The Kier molecular flexibility index (Phi) is 5.96. The normalized spacial score (nSPS) is 16.5. The van der Waals surface area contributed by atoms with E-state index in [0.717, 1.165) is 25.7 Å². The average Bonchev–Trinajstić information content (AvgIpc) is 2.51. The van der Waals surface area contributed by atoms with Gasteiger partial charge in [-0.2, -0.15) is 0 Å². The summed E-state index contributed by atoms with van der Waals surface area (Å²) in [6.45, 7) is 3.08. The van der Waals surface area contributed by atoms with Crippen LogP contribution in [0.3, 0.4) is 0 Å². The number of rotatable bonds is 5. The van der Waals surface area contributed by atoms with Gasteiger partial charge in [0.2, 0.25) is 11.8 Å². The van der Waals surface area contributed by atoms with Crippen LogP contribution in [-0.2, 0) is 9.59 Å². The Morgan fingerprint density at radius 1 is 1.22 bits per heavy atom. The standard InChI is InChI=1S/C17H24FN3O2/c1-11(17(23)21-13-6-4-3-5-7-13)19-14-8-9-15(18)16(10-14)20-12(2)22/h8-11,13,19H,3-7H2,1-2H3,(H,20,22)(H,21,23). The number of halogens is 1. The molecular formula is C17H24FN3O2. The highest BCUT2D eigenvalue weighted by Crippen LogP contribution is 2.21. The number of nitrogens with one attached hydrogen (secondary N) is 3. The maximum Gasteiger partial charge on any atom is 0.242 e. The van der Waals surface area contributed by atoms with Crippen molar-refractivity contribution in [3.63, 3.8) is 0 Å². The van der Waals surface area contributed by atoms with Gasteiger partial charge in [-0.15, -0.1) is 0 Å². The summed E-state index contributed by atoms with van der Waals surface area (Å²) in [5.74, 6) is -0.920. The van der Waals surface area contributed by atoms with Gasteiger partial charge >= 0.3 is 0 Å². The highest BCUT2D eigenvalue weighted by Gasteiger charge is 2.19. The molecule has 0 spiro atoms. The molecular weight excluding hydrogens is 297 g/mol. The molecule has 1 aromatic rings. The third kappa shape index (κ3) is 5.23. The minimum absolute atomic E-state index is 0.0673. The molecule has 0 bridgehead atoms. The van der Waals surface area contributed by atoms with E-state index in [1.807, 2.05) is 0 Å². The Morgan fingerprint density at radius 2 is 1.91 bits per heavy atom. The Hall–Kier alpha value is -2.11. The first kappa shape index (κ1) is 17.2. The van der Waals surface area contributed by atoms with Crippen LogP contribution in [-0.4, -0.2) is 23.9 Å². The zero-order chi connectivity index (χ0) is 16.8. The first-order valence-corrected chi connectivity index (χ1v) is 8.10. The van der Waals surface area contributed by atoms with Crippen LogP contribution in [0.2, 0.25) is 0 Å². The van der Waals surface area contributed by atoms with Gasteiger partial charge in [0.15, 0.2) is 0 Å². The second kappa shape index (κ2) is 7.94. The van der Waals surface area contributed by atoms with E-state index in [1.165, 1.54) is 25.5 Å². The number of hydrogen-bond acceptors (Lipinski definition) is 3. The summed E-state index contributed by atoms with van der Waals surface area (Å²) >= 11 is 0. The van der Waals surface area contributed by atoms with Gasteiger partial charge in [-0.3, -0.25) is 9.59 Å². The summed E-state index contributed by atoms with van der Waals surface area (Å²) in [7, 11) is 0. The van der Waals surface area contributed by atoms with Crippen molar-refractivity contribution in [2.45, 2.75) is 58.0 Å². The number of carbonyl (C=O) groups excluding carboxylic acids is 2. The van der Waals surface area contributed by atoms with Crippen molar-refractivity contribution in [3.05, 3.63) is 24.0 Å². The molecule has 23 heavy (non-hydrogen) atoms. The van der Waals surface area contributed by atoms with Crippen molar-refractivity contribution in [2.24, 2.45) is 0 Å². The fraction of sp³-hybridized carbons (Fsp3) is 0.529. The summed E-state index contributed by atoms with van der Waals surface area (Å²) in [4.78, 5) is 23.3. The van der Waals surface area contributed by atoms with Crippen LogP contribution in [0.1, 0.15) is 46.0 Å². The van der Waals surface area contributed by atoms with E-state index in [9.17, 15) is 14.0 Å². The zero-order valence-corrected chi connectivity index (χ0v) is 13.6. The zero-order valence-electron chi connectivity index (χ0n) is 13.6. The molecule has 0 saturated heterocycles. The Labute approximate surface area is 136 Å². The maximum absolute atomic E-state index is 13.6. The van der Waals surface area contributed by atoms with Gasteiger partial charge in [-0.05, 0) is 38.0 Å².